The lowest BCUT2D eigenvalue weighted by Crippen LogP contribution is -2.06. The molecule has 3 aromatic rings. The number of aryl methyl sites for hydroxylation is 1. The van der Waals surface area contributed by atoms with Crippen molar-refractivity contribution in [2.24, 2.45) is 0 Å². The first-order valence-corrected chi connectivity index (χ1v) is 9.71. The van der Waals surface area contributed by atoms with Gasteiger partial charge in [-0.2, -0.15) is 0 Å². The van der Waals surface area contributed by atoms with Crippen LogP contribution in [-0.4, -0.2) is 8.42 Å². The third kappa shape index (κ3) is 3.75. The minimum atomic E-state index is -3.91. The first-order valence-electron chi connectivity index (χ1n) is 7.41. The molecule has 0 spiro atoms. The summed E-state index contributed by atoms with van der Waals surface area (Å²) in [7, 11) is -3.91. The summed E-state index contributed by atoms with van der Waals surface area (Å²) in [6.07, 6.45) is 0. The fourth-order valence-electron chi connectivity index (χ4n) is 2.43. The molecule has 3 rings (SSSR count). The summed E-state index contributed by atoms with van der Waals surface area (Å²) in [5.74, 6) is -1.03. The van der Waals surface area contributed by atoms with E-state index in [0.717, 1.165) is 17.0 Å². The van der Waals surface area contributed by atoms with Crippen LogP contribution in [0.25, 0.3) is 0 Å². The number of benzene rings is 3. The van der Waals surface area contributed by atoms with E-state index in [1.54, 1.807) is 0 Å². The Bertz CT molecular complexity index is 1020. The van der Waals surface area contributed by atoms with Gasteiger partial charge < -0.3 is 0 Å². The van der Waals surface area contributed by atoms with Crippen LogP contribution < -0.4 is 0 Å². The Balaban J connectivity index is 2.13. The van der Waals surface area contributed by atoms with E-state index < -0.39 is 21.5 Å². The molecule has 0 aromatic heterocycles. The zero-order valence-electron chi connectivity index (χ0n) is 13.2. The largest absolute Gasteiger partial charge is 0.218 e. The molecule has 2 nitrogen and oxygen atoms in total. The third-order valence-electron chi connectivity index (χ3n) is 3.59. The molecule has 0 saturated carbocycles. The average Bonchev–Trinajstić information content (AvgIpc) is 2.55. The van der Waals surface area contributed by atoms with Crippen LogP contribution in [-0.2, 0) is 9.84 Å². The van der Waals surface area contributed by atoms with Crippen molar-refractivity contribution in [3.8, 4) is 0 Å². The van der Waals surface area contributed by atoms with Crippen molar-refractivity contribution >= 4 is 21.6 Å². The SMILES string of the molecule is Cc1cc(F)ccc1S(=O)(=O)c1ccc(F)cc1Sc1ccccc1. The molecule has 0 bridgehead atoms. The van der Waals surface area contributed by atoms with Crippen LogP contribution in [0.4, 0.5) is 8.78 Å². The van der Waals surface area contributed by atoms with E-state index in [0.29, 0.717) is 5.56 Å². The second-order valence-electron chi connectivity index (χ2n) is 5.42. The van der Waals surface area contributed by atoms with Crippen LogP contribution in [0.3, 0.4) is 0 Å². The summed E-state index contributed by atoms with van der Waals surface area (Å²) in [4.78, 5) is 1.09. The number of halogens is 2. The second kappa shape index (κ2) is 6.98. The highest BCUT2D eigenvalue weighted by Crippen LogP contribution is 2.36. The van der Waals surface area contributed by atoms with E-state index >= 15 is 0 Å². The number of hydrogen-bond donors (Lipinski definition) is 0. The molecule has 0 saturated heterocycles. The maximum Gasteiger partial charge on any atom is 0.207 e. The lowest BCUT2D eigenvalue weighted by Gasteiger charge is -2.12. The Hall–Kier alpha value is -2.18. The summed E-state index contributed by atoms with van der Waals surface area (Å²) in [6, 6.07) is 16.2. The molecule has 6 heteroatoms. The van der Waals surface area contributed by atoms with Crippen molar-refractivity contribution in [3.63, 3.8) is 0 Å². The molecule has 0 radical (unpaired) electrons. The van der Waals surface area contributed by atoms with Crippen molar-refractivity contribution in [2.45, 2.75) is 26.5 Å². The summed E-state index contributed by atoms with van der Waals surface area (Å²) in [5, 5.41) is 0. The minimum absolute atomic E-state index is 0.00235. The number of hydrogen-bond acceptors (Lipinski definition) is 3. The summed E-state index contributed by atoms with van der Waals surface area (Å²) in [5.41, 5.74) is 0.306. The van der Waals surface area contributed by atoms with Gasteiger partial charge in [-0.1, -0.05) is 30.0 Å². The molecule has 0 aliphatic carbocycles. The van der Waals surface area contributed by atoms with Crippen LogP contribution in [0.5, 0.6) is 0 Å². The standard InChI is InChI=1S/C19H14F2O2S2/c1-13-11-14(20)7-9-18(13)25(22,23)19-10-8-15(21)12-17(19)24-16-5-3-2-4-6-16/h2-12H,1H3. The first-order chi connectivity index (χ1) is 11.9. The molecule has 0 amide bonds. The van der Waals surface area contributed by atoms with Gasteiger partial charge in [0.2, 0.25) is 9.84 Å². The Morgan fingerprint density at radius 1 is 0.800 bits per heavy atom. The highest BCUT2D eigenvalue weighted by atomic mass is 32.2. The van der Waals surface area contributed by atoms with Crippen LogP contribution in [0.2, 0.25) is 0 Å². The van der Waals surface area contributed by atoms with Crippen molar-refractivity contribution in [1.82, 2.24) is 0 Å². The second-order valence-corrected chi connectivity index (χ2v) is 8.42. The number of sulfone groups is 1. The van der Waals surface area contributed by atoms with Crippen LogP contribution >= 0.6 is 11.8 Å². The van der Waals surface area contributed by atoms with Gasteiger partial charge in [-0.05, 0) is 61.0 Å². The van der Waals surface area contributed by atoms with Crippen molar-refractivity contribution in [3.05, 3.63) is 83.9 Å². The lowest BCUT2D eigenvalue weighted by molar-refractivity contribution is 0.589. The topological polar surface area (TPSA) is 34.1 Å². The maximum absolute atomic E-state index is 13.7. The van der Waals surface area contributed by atoms with Crippen molar-refractivity contribution in [1.29, 1.82) is 0 Å². The molecule has 25 heavy (non-hydrogen) atoms. The Labute approximate surface area is 149 Å². The normalized spacial score (nSPS) is 11.5. The molecule has 0 N–H and O–H groups in total. The highest BCUT2D eigenvalue weighted by Gasteiger charge is 2.24. The van der Waals surface area contributed by atoms with Crippen LogP contribution in [0, 0.1) is 18.6 Å². The molecular formula is C19H14F2O2S2. The van der Waals surface area contributed by atoms with Gasteiger partial charge in [0.05, 0.1) is 9.79 Å². The monoisotopic (exact) mass is 376 g/mol. The fourth-order valence-corrected chi connectivity index (χ4v) is 5.31. The van der Waals surface area contributed by atoms with E-state index in [4.69, 9.17) is 0 Å². The van der Waals surface area contributed by atoms with E-state index in [2.05, 4.69) is 0 Å². The van der Waals surface area contributed by atoms with Crippen LogP contribution in [0.1, 0.15) is 5.56 Å². The van der Waals surface area contributed by atoms with E-state index in [9.17, 15) is 17.2 Å². The fraction of sp³-hybridized carbons (Fsp3) is 0.0526. The zero-order valence-corrected chi connectivity index (χ0v) is 14.9. The smallest absolute Gasteiger partial charge is 0.207 e. The van der Waals surface area contributed by atoms with Gasteiger partial charge in [0, 0.05) is 9.79 Å². The number of rotatable bonds is 4. The molecule has 0 atom stereocenters. The molecule has 0 aliphatic heterocycles. The van der Waals surface area contributed by atoms with Gasteiger partial charge in [-0.15, -0.1) is 0 Å². The van der Waals surface area contributed by atoms with E-state index in [1.165, 1.54) is 43.0 Å². The zero-order chi connectivity index (χ0) is 18.0. The predicted octanol–water partition coefficient (Wildman–Crippen LogP) is 5.26. The Morgan fingerprint density at radius 3 is 2.04 bits per heavy atom. The van der Waals surface area contributed by atoms with Gasteiger partial charge >= 0.3 is 0 Å². The van der Waals surface area contributed by atoms with Gasteiger partial charge in [0.15, 0.2) is 0 Å². The average molecular weight is 376 g/mol. The van der Waals surface area contributed by atoms with Gasteiger partial charge in [-0.25, -0.2) is 17.2 Å². The molecule has 0 unspecified atom stereocenters. The highest BCUT2D eigenvalue weighted by molar-refractivity contribution is 8.00. The summed E-state index contributed by atoms with van der Waals surface area (Å²) in [6.45, 7) is 1.53. The molecule has 0 fully saturated rings. The van der Waals surface area contributed by atoms with E-state index in [1.807, 2.05) is 30.3 Å². The summed E-state index contributed by atoms with van der Waals surface area (Å²) < 4.78 is 53.1. The molecule has 128 valence electrons. The Kier molecular flexibility index (Phi) is 4.92. The molecular weight excluding hydrogens is 362 g/mol. The van der Waals surface area contributed by atoms with Crippen molar-refractivity contribution < 1.29 is 17.2 Å². The molecule has 0 heterocycles. The maximum atomic E-state index is 13.7. The first kappa shape index (κ1) is 17.6. The van der Waals surface area contributed by atoms with Gasteiger partial charge in [0.1, 0.15) is 11.6 Å². The molecule has 3 aromatic carbocycles. The van der Waals surface area contributed by atoms with Crippen molar-refractivity contribution in [2.75, 3.05) is 0 Å². The summed E-state index contributed by atoms with van der Waals surface area (Å²) >= 11 is 1.17. The third-order valence-corrected chi connectivity index (χ3v) is 6.76. The van der Waals surface area contributed by atoms with Gasteiger partial charge in [0.25, 0.3) is 0 Å². The minimum Gasteiger partial charge on any atom is -0.218 e. The van der Waals surface area contributed by atoms with Crippen LogP contribution in [0.15, 0.2) is 86.3 Å². The molecule has 0 aliphatic rings. The van der Waals surface area contributed by atoms with Gasteiger partial charge in [-0.3, -0.25) is 0 Å². The lowest BCUT2D eigenvalue weighted by atomic mass is 10.2. The van der Waals surface area contributed by atoms with E-state index in [-0.39, 0.29) is 14.7 Å². The predicted molar refractivity (Wildman–Crippen MR) is 93.6 cm³/mol. The quantitative estimate of drug-likeness (QED) is 0.583. The Morgan fingerprint density at radius 2 is 1.40 bits per heavy atom.